The first-order valence-corrected chi connectivity index (χ1v) is 8.51. The highest BCUT2D eigenvalue weighted by Gasteiger charge is 2.36. The summed E-state index contributed by atoms with van der Waals surface area (Å²) in [5.41, 5.74) is -0.410. The predicted octanol–water partition coefficient (Wildman–Crippen LogP) is 4.38. The second-order valence-corrected chi connectivity index (χ2v) is 5.89. The van der Waals surface area contributed by atoms with E-state index in [-0.39, 0.29) is 16.9 Å². The Morgan fingerprint density at radius 2 is 1.68 bits per heavy atom. The minimum atomic E-state index is -0.410. The smallest absolute Gasteiger partial charge is 0.312 e. The van der Waals surface area contributed by atoms with E-state index in [0.717, 1.165) is 38.5 Å². The maximum atomic E-state index is 12.3. The van der Waals surface area contributed by atoms with Crippen molar-refractivity contribution in [1.82, 2.24) is 0 Å². The van der Waals surface area contributed by atoms with Gasteiger partial charge < -0.3 is 4.74 Å². The van der Waals surface area contributed by atoms with Crippen LogP contribution < -0.4 is 0 Å². The highest BCUT2D eigenvalue weighted by Crippen LogP contribution is 2.35. The second kappa shape index (κ2) is 15.1. The lowest BCUT2D eigenvalue weighted by atomic mass is 9.76. The first kappa shape index (κ1) is 23.4. The van der Waals surface area contributed by atoms with Crippen molar-refractivity contribution in [2.24, 2.45) is 5.41 Å². The van der Waals surface area contributed by atoms with Crippen molar-refractivity contribution in [1.29, 1.82) is 0 Å². The molecule has 0 aromatic rings. The zero-order valence-corrected chi connectivity index (χ0v) is 14.3. The average Bonchev–Trinajstić information content (AvgIpc) is 2.50. The van der Waals surface area contributed by atoms with Crippen LogP contribution in [0.4, 0.5) is 0 Å². The normalized spacial score (nSPS) is 13.4. The van der Waals surface area contributed by atoms with Crippen molar-refractivity contribution in [2.45, 2.75) is 78.1 Å². The Morgan fingerprint density at radius 3 is 2.23 bits per heavy atom. The van der Waals surface area contributed by atoms with Gasteiger partial charge in [0.15, 0.2) is 0 Å². The molecule has 1 atom stereocenters. The summed E-state index contributed by atoms with van der Waals surface area (Å²) < 4.78 is 5.07. The lowest BCUT2D eigenvalue weighted by Gasteiger charge is -2.29. The minimum Gasteiger partial charge on any atom is -0.469 e. The van der Waals surface area contributed by atoms with Crippen LogP contribution >= 0.6 is 0 Å². The molecule has 0 spiro atoms. The molecular weight excluding hydrogens is 288 g/mol. The molecule has 22 heavy (non-hydrogen) atoms. The molecule has 0 amide bonds. The van der Waals surface area contributed by atoms with Gasteiger partial charge in [0.2, 0.25) is 0 Å². The van der Waals surface area contributed by atoms with Crippen LogP contribution in [0.1, 0.15) is 78.1 Å². The van der Waals surface area contributed by atoms with Crippen molar-refractivity contribution in [3.05, 3.63) is 24.8 Å². The number of unbranched alkanes of at least 4 members (excludes halogenated alkanes) is 5. The fourth-order valence-corrected chi connectivity index (χ4v) is 2.70. The first-order chi connectivity index (χ1) is 10.2. The molecule has 0 fully saturated rings. The molecular formula is C19H38O2Si. The molecule has 0 aliphatic carbocycles. The molecule has 0 aromatic carbocycles. The van der Waals surface area contributed by atoms with Gasteiger partial charge in [0.05, 0.1) is 12.5 Å². The minimum absolute atomic E-state index is 0. The molecule has 3 heteroatoms. The second-order valence-electron chi connectivity index (χ2n) is 5.89. The Morgan fingerprint density at radius 1 is 1.05 bits per heavy atom. The topological polar surface area (TPSA) is 26.3 Å². The van der Waals surface area contributed by atoms with Gasteiger partial charge in [0.1, 0.15) is 0 Å². The van der Waals surface area contributed by atoms with Crippen molar-refractivity contribution in [3.8, 4) is 0 Å². The van der Waals surface area contributed by atoms with Gasteiger partial charge in [-0.3, -0.25) is 4.79 Å². The largest absolute Gasteiger partial charge is 0.469 e. The number of hydrogen-bond donors (Lipinski definition) is 0. The average molecular weight is 327 g/mol. The van der Waals surface area contributed by atoms with Gasteiger partial charge in [-0.1, -0.05) is 64.2 Å². The molecule has 130 valence electrons. The number of allylic oxidation sites excluding steroid dienone is 3. The number of methoxy groups -OCH3 is 1. The van der Waals surface area contributed by atoms with Crippen LogP contribution in [0.25, 0.3) is 0 Å². The van der Waals surface area contributed by atoms with E-state index < -0.39 is 5.41 Å². The molecule has 0 aliphatic heterocycles. The molecule has 1 unspecified atom stereocenters. The Bertz CT molecular complexity index is 313. The summed E-state index contributed by atoms with van der Waals surface area (Å²) in [5, 5.41) is 0. The Hall–Kier alpha value is -0.833. The third kappa shape index (κ3) is 9.24. The van der Waals surface area contributed by atoms with Crippen molar-refractivity contribution in [2.75, 3.05) is 7.11 Å². The van der Waals surface area contributed by atoms with E-state index >= 15 is 0 Å². The lowest BCUT2D eigenvalue weighted by molar-refractivity contribution is -0.153. The molecule has 0 aliphatic rings. The summed E-state index contributed by atoms with van der Waals surface area (Å²) in [6.45, 7) is 8.22. The Kier molecular flexibility index (Phi) is 16.1. The molecule has 0 radical (unpaired) electrons. The number of carbonyl (C=O) groups is 1. The van der Waals surface area contributed by atoms with Crippen LogP contribution in [0.5, 0.6) is 0 Å². The van der Waals surface area contributed by atoms with Gasteiger partial charge in [-0.15, -0.1) is 6.58 Å². The molecule has 0 saturated carbocycles. The zero-order chi connectivity index (χ0) is 16.0. The predicted molar refractivity (Wildman–Crippen MR) is 103 cm³/mol. The van der Waals surface area contributed by atoms with Crippen LogP contribution in [0.3, 0.4) is 0 Å². The van der Waals surface area contributed by atoms with Gasteiger partial charge in [-0.25, -0.2) is 0 Å². The van der Waals surface area contributed by atoms with E-state index in [1.165, 1.54) is 26.4 Å². The summed E-state index contributed by atoms with van der Waals surface area (Å²) in [5.74, 6) is -0.0864. The van der Waals surface area contributed by atoms with Crippen molar-refractivity contribution >= 4 is 16.9 Å². The van der Waals surface area contributed by atoms with Gasteiger partial charge in [-0.2, -0.15) is 0 Å². The SMILES string of the molecule is C=CCC(C/C=C\CCCCC)(CCCCC)C(=O)OC.[SiH4]. The quantitative estimate of drug-likeness (QED) is 0.217. The van der Waals surface area contributed by atoms with Crippen molar-refractivity contribution in [3.63, 3.8) is 0 Å². The molecule has 0 N–H and O–H groups in total. The van der Waals surface area contributed by atoms with Crippen LogP contribution in [0.2, 0.25) is 0 Å². The number of esters is 1. The summed E-state index contributed by atoms with van der Waals surface area (Å²) in [7, 11) is 1.49. The van der Waals surface area contributed by atoms with E-state index in [4.69, 9.17) is 4.74 Å². The van der Waals surface area contributed by atoms with E-state index in [1.54, 1.807) is 0 Å². The molecule has 0 rings (SSSR count). The highest BCUT2D eigenvalue weighted by molar-refractivity contribution is 5.77. The van der Waals surface area contributed by atoms with Crippen LogP contribution in [-0.4, -0.2) is 24.0 Å². The number of rotatable bonds is 13. The maximum absolute atomic E-state index is 12.3. The zero-order valence-electron chi connectivity index (χ0n) is 14.3. The van der Waals surface area contributed by atoms with E-state index in [9.17, 15) is 4.79 Å². The molecule has 0 saturated heterocycles. The van der Waals surface area contributed by atoms with Gasteiger partial charge in [-0.05, 0) is 43.1 Å². The summed E-state index contributed by atoms with van der Waals surface area (Å²) >= 11 is 0. The molecule has 0 bridgehead atoms. The van der Waals surface area contributed by atoms with Crippen LogP contribution in [-0.2, 0) is 9.53 Å². The van der Waals surface area contributed by atoms with E-state index in [2.05, 4.69) is 32.6 Å². The Balaban J connectivity index is 0. The maximum Gasteiger partial charge on any atom is 0.312 e. The molecule has 0 heterocycles. The van der Waals surface area contributed by atoms with Gasteiger partial charge in [0, 0.05) is 0 Å². The van der Waals surface area contributed by atoms with Gasteiger partial charge in [0.25, 0.3) is 0 Å². The summed E-state index contributed by atoms with van der Waals surface area (Å²) in [6.07, 6.45) is 16.8. The van der Waals surface area contributed by atoms with E-state index in [1.807, 2.05) is 6.08 Å². The molecule has 2 nitrogen and oxygen atoms in total. The van der Waals surface area contributed by atoms with Crippen LogP contribution in [0.15, 0.2) is 24.8 Å². The third-order valence-corrected chi connectivity index (χ3v) is 4.06. The van der Waals surface area contributed by atoms with Gasteiger partial charge >= 0.3 is 5.97 Å². The lowest BCUT2D eigenvalue weighted by Crippen LogP contribution is -2.31. The highest BCUT2D eigenvalue weighted by atomic mass is 28.1. The fraction of sp³-hybridized carbons (Fsp3) is 0.737. The monoisotopic (exact) mass is 326 g/mol. The first-order valence-electron chi connectivity index (χ1n) is 8.51. The fourth-order valence-electron chi connectivity index (χ4n) is 2.70. The third-order valence-electron chi connectivity index (χ3n) is 4.06. The number of hydrogen-bond acceptors (Lipinski definition) is 2. The number of carbonyl (C=O) groups excluding carboxylic acids is 1. The summed E-state index contributed by atoms with van der Waals surface area (Å²) in [6, 6.07) is 0. The van der Waals surface area contributed by atoms with Crippen molar-refractivity contribution < 1.29 is 9.53 Å². The van der Waals surface area contributed by atoms with Crippen LogP contribution in [0, 0.1) is 5.41 Å². The molecule has 0 aromatic heterocycles. The number of ether oxygens (including phenoxy) is 1. The van der Waals surface area contributed by atoms with E-state index in [0.29, 0.717) is 6.42 Å². The standard InChI is InChI=1S/C19H34O2.H4Si/c1-5-8-10-11-12-14-17-19(15-7-3,18(20)21-4)16-13-9-6-2;/h7,12,14H,3,5-6,8-11,13,15-17H2,1-2,4H3;1H4/b14-12-;. The summed E-state index contributed by atoms with van der Waals surface area (Å²) in [4.78, 5) is 12.3. The Labute approximate surface area is 142 Å².